The molecule has 1 aliphatic rings. The lowest BCUT2D eigenvalue weighted by molar-refractivity contribution is 0.679. The molecule has 104 valence electrons. The minimum Gasteiger partial charge on any atom is -0.0651 e. The van der Waals surface area contributed by atoms with Crippen LogP contribution in [-0.2, 0) is 0 Å². The van der Waals surface area contributed by atoms with Gasteiger partial charge in [0.1, 0.15) is 0 Å². The summed E-state index contributed by atoms with van der Waals surface area (Å²) in [4.78, 5) is 0. The number of halogens is 2. The lowest BCUT2D eigenvalue weighted by atomic mass is 9.92. The first-order valence-corrected chi connectivity index (χ1v) is 15.4. The van der Waals surface area contributed by atoms with Gasteiger partial charge in [-0.1, -0.05) is 71.1 Å². The fraction of sp³-hybridized carbons (Fsp3) is 0.714. The fourth-order valence-corrected chi connectivity index (χ4v) is 5.53. The van der Waals surface area contributed by atoms with Gasteiger partial charge in [-0.3, -0.25) is 0 Å². The minimum absolute atomic E-state index is 1.24. The summed E-state index contributed by atoms with van der Waals surface area (Å²) in [6, 6.07) is 0. The first-order valence-electron chi connectivity index (χ1n) is 6.84. The molecule has 0 amide bonds. The van der Waals surface area contributed by atoms with Crippen LogP contribution in [0.4, 0.5) is 0 Å². The molecule has 0 N–H and O–H groups in total. The molecule has 0 aliphatic heterocycles. The van der Waals surface area contributed by atoms with Crippen molar-refractivity contribution in [2.24, 2.45) is 0 Å². The average Bonchev–Trinajstić information content (AvgIpc) is 2.24. The van der Waals surface area contributed by atoms with E-state index in [9.17, 15) is 0 Å². The predicted molar refractivity (Wildman–Crippen MR) is 97.1 cm³/mol. The number of hydrogen-bond acceptors (Lipinski definition) is 0. The molecule has 1 rings (SSSR count). The molecule has 1 saturated carbocycles. The lowest BCUT2D eigenvalue weighted by Gasteiger charge is -2.29. The van der Waals surface area contributed by atoms with E-state index in [0.717, 1.165) is 0 Å². The Bertz CT molecular complexity index is 344. The van der Waals surface area contributed by atoms with Gasteiger partial charge in [0.25, 0.3) is 0 Å². The number of allylic oxidation sites excluding steroid dienone is 2. The summed E-state index contributed by atoms with van der Waals surface area (Å²) in [5.74, 6) is 0. The van der Waals surface area contributed by atoms with Gasteiger partial charge in [-0.05, 0) is 45.0 Å². The second-order valence-corrected chi connectivity index (χ2v) is 20.3. The van der Waals surface area contributed by atoms with Gasteiger partial charge in [0.05, 0.1) is 16.1 Å². The Labute approximate surface area is 132 Å². The van der Waals surface area contributed by atoms with E-state index in [4.69, 9.17) is 0 Å². The van der Waals surface area contributed by atoms with E-state index in [-0.39, 0.29) is 0 Å². The molecule has 18 heavy (non-hydrogen) atoms. The summed E-state index contributed by atoms with van der Waals surface area (Å²) in [7, 11) is -2.48. The van der Waals surface area contributed by atoms with Crippen molar-refractivity contribution in [1.82, 2.24) is 0 Å². The van der Waals surface area contributed by atoms with Crippen molar-refractivity contribution in [3.8, 4) is 0 Å². The zero-order chi connectivity index (χ0) is 14.1. The van der Waals surface area contributed by atoms with Crippen molar-refractivity contribution < 1.29 is 0 Å². The summed E-state index contributed by atoms with van der Waals surface area (Å²) in [5, 5.41) is 0. The highest BCUT2D eigenvalue weighted by Crippen LogP contribution is 2.41. The third-order valence-corrected chi connectivity index (χ3v) is 14.6. The molecule has 1 fully saturated rings. The van der Waals surface area contributed by atoms with Crippen LogP contribution in [0.1, 0.15) is 25.7 Å². The zero-order valence-corrected chi connectivity index (χ0v) is 17.8. The highest BCUT2D eigenvalue weighted by atomic mass is 79.9. The van der Waals surface area contributed by atoms with Crippen LogP contribution in [0.2, 0.25) is 39.3 Å². The van der Waals surface area contributed by atoms with Gasteiger partial charge in [0.2, 0.25) is 0 Å². The van der Waals surface area contributed by atoms with Gasteiger partial charge in [-0.25, -0.2) is 0 Å². The first-order chi connectivity index (χ1) is 8.05. The maximum atomic E-state index is 3.94. The Morgan fingerprint density at radius 1 is 0.722 bits per heavy atom. The maximum absolute atomic E-state index is 3.94. The molecule has 0 aromatic heterocycles. The van der Waals surface area contributed by atoms with Gasteiger partial charge in [-0.15, -0.1) is 0 Å². The van der Waals surface area contributed by atoms with Crippen molar-refractivity contribution in [2.75, 3.05) is 0 Å². The van der Waals surface area contributed by atoms with Crippen LogP contribution in [0.5, 0.6) is 0 Å². The van der Waals surface area contributed by atoms with Crippen molar-refractivity contribution in [2.45, 2.75) is 65.0 Å². The number of hydrogen-bond donors (Lipinski definition) is 0. The third kappa shape index (κ3) is 4.19. The largest absolute Gasteiger partial charge is 0.0869 e. The van der Waals surface area contributed by atoms with E-state index in [1.54, 1.807) is 19.4 Å². The Kier molecular flexibility index (Phi) is 5.74. The Morgan fingerprint density at radius 3 is 1.22 bits per heavy atom. The summed E-state index contributed by atoms with van der Waals surface area (Å²) in [5.41, 5.74) is 3.27. The van der Waals surface area contributed by atoms with E-state index in [0.29, 0.717) is 0 Å². The van der Waals surface area contributed by atoms with E-state index >= 15 is 0 Å². The minimum atomic E-state index is -1.24. The van der Waals surface area contributed by atoms with Gasteiger partial charge in [0.15, 0.2) is 0 Å². The molecule has 0 atom stereocenters. The van der Waals surface area contributed by atoms with E-state index in [2.05, 4.69) is 71.1 Å². The molecule has 0 aromatic rings. The second-order valence-electron chi connectivity index (χ2n) is 7.29. The van der Waals surface area contributed by atoms with Crippen molar-refractivity contribution in [1.29, 1.82) is 0 Å². The summed E-state index contributed by atoms with van der Waals surface area (Å²) in [6.45, 7) is 14.6. The third-order valence-electron chi connectivity index (χ3n) is 3.31. The number of rotatable bonds is 2. The van der Waals surface area contributed by atoms with E-state index in [1.807, 2.05) is 0 Å². The fourth-order valence-electron chi connectivity index (χ4n) is 2.30. The smallest absolute Gasteiger partial charge is 0.0651 e. The van der Waals surface area contributed by atoms with E-state index in [1.165, 1.54) is 25.7 Å². The quantitative estimate of drug-likeness (QED) is 0.449. The van der Waals surface area contributed by atoms with Crippen molar-refractivity contribution >= 4 is 48.0 Å². The van der Waals surface area contributed by atoms with E-state index < -0.39 is 16.1 Å². The topological polar surface area (TPSA) is 0 Å². The van der Waals surface area contributed by atoms with Crippen molar-refractivity contribution in [3.05, 3.63) is 19.4 Å². The summed E-state index contributed by atoms with van der Waals surface area (Å²) < 4.78 is 3.08. The van der Waals surface area contributed by atoms with Crippen LogP contribution in [0, 0.1) is 0 Å². The molecular formula is C14H26Br2Si2. The lowest BCUT2D eigenvalue weighted by Crippen LogP contribution is -2.26. The summed E-state index contributed by atoms with van der Waals surface area (Å²) >= 11 is 7.87. The van der Waals surface area contributed by atoms with Crippen LogP contribution < -0.4 is 0 Å². The Hall–Kier alpha value is 0.874. The molecule has 0 radical (unpaired) electrons. The van der Waals surface area contributed by atoms with Crippen LogP contribution >= 0.6 is 31.9 Å². The van der Waals surface area contributed by atoms with Crippen LogP contribution in [0.15, 0.2) is 19.4 Å². The standard InChI is InChI=1S/C14H26Br2Si2/c1-17(2,3)13(15)11-9-7-8-10-12(11)14(16)18(4,5)6/h7-10H2,1-6H3/b13-11+,14-12+. The summed E-state index contributed by atoms with van der Waals surface area (Å²) in [6.07, 6.45) is 5.23. The molecule has 0 heterocycles. The molecule has 0 spiro atoms. The zero-order valence-electron chi connectivity index (χ0n) is 12.6. The molecule has 1 aliphatic carbocycles. The first kappa shape index (κ1) is 16.9. The maximum Gasteiger partial charge on any atom is 0.0869 e. The predicted octanol–water partition coefficient (Wildman–Crippen LogP) is 6.61. The van der Waals surface area contributed by atoms with Crippen LogP contribution in [-0.4, -0.2) is 16.1 Å². The SMILES string of the molecule is C[Si](C)(C)/C(Br)=C1\CCCC\C1=C(\Br)[Si](C)(C)C. The molecule has 4 heteroatoms. The van der Waals surface area contributed by atoms with Crippen LogP contribution in [0.3, 0.4) is 0 Å². The highest BCUT2D eigenvalue weighted by Gasteiger charge is 2.29. The van der Waals surface area contributed by atoms with Crippen molar-refractivity contribution in [3.63, 3.8) is 0 Å². The Morgan fingerprint density at radius 2 is 1.00 bits per heavy atom. The van der Waals surface area contributed by atoms with Gasteiger partial charge in [0, 0.05) is 0 Å². The molecule has 0 aromatic carbocycles. The van der Waals surface area contributed by atoms with Crippen LogP contribution in [0.25, 0.3) is 0 Å². The molecule has 0 unspecified atom stereocenters. The molecule has 0 saturated heterocycles. The molecular weight excluding hydrogens is 384 g/mol. The monoisotopic (exact) mass is 408 g/mol. The highest BCUT2D eigenvalue weighted by molar-refractivity contribution is 9.12. The molecule has 0 nitrogen and oxygen atoms in total. The Balaban J connectivity index is 3.33. The second kappa shape index (κ2) is 6.10. The van der Waals surface area contributed by atoms with Gasteiger partial charge in [-0.2, -0.15) is 0 Å². The van der Waals surface area contributed by atoms with Gasteiger partial charge >= 0.3 is 0 Å². The van der Waals surface area contributed by atoms with Gasteiger partial charge < -0.3 is 0 Å². The normalized spacial score (nSPS) is 24.0. The molecule has 0 bridgehead atoms. The average molecular weight is 410 g/mol.